The molecule has 1 N–H and O–H groups in total. The number of halogens is 1. The minimum atomic E-state index is -0.602. The van der Waals surface area contributed by atoms with Crippen LogP contribution in [-0.4, -0.2) is 60.6 Å². The molecule has 0 saturated carbocycles. The topological polar surface area (TPSA) is 65.8 Å². The number of hydrogen-bond acceptors (Lipinski definition) is 5. The average molecular weight is 391 g/mol. The van der Waals surface area contributed by atoms with Crippen molar-refractivity contribution in [2.45, 2.75) is 11.4 Å². The van der Waals surface area contributed by atoms with Crippen molar-refractivity contribution in [3.8, 4) is 0 Å². The molecule has 6 nitrogen and oxygen atoms in total. The summed E-state index contributed by atoms with van der Waals surface area (Å²) < 4.78 is 18.4. The number of hydrogen-bond donors (Lipinski definition) is 1. The highest BCUT2D eigenvalue weighted by molar-refractivity contribution is 7.99. The van der Waals surface area contributed by atoms with Gasteiger partial charge in [-0.3, -0.25) is 9.59 Å². The molecule has 1 aliphatic heterocycles. The highest BCUT2D eigenvalue weighted by Gasteiger charge is 2.42. The fraction of sp³-hybridized carbons (Fsp3) is 0.368. The van der Waals surface area contributed by atoms with Crippen LogP contribution < -0.4 is 5.32 Å². The molecule has 3 rings (SSSR count). The SMILES string of the molecule is CN(C)CCNC(=O)C1CSC(c2ccoc2)N1C(=O)c1ccc(F)cc1. The molecule has 2 atom stereocenters. The minimum Gasteiger partial charge on any atom is -0.472 e. The van der Waals surface area contributed by atoms with Gasteiger partial charge in [0.2, 0.25) is 5.91 Å². The molecule has 2 unspecified atom stereocenters. The molecule has 2 aromatic rings. The molecule has 27 heavy (non-hydrogen) atoms. The van der Waals surface area contributed by atoms with E-state index in [0.717, 1.165) is 5.56 Å². The van der Waals surface area contributed by atoms with Gasteiger partial charge in [-0.15, -0.1) is 11.8 Å². The predicted molar refractivity (Wildman–Crippen MR) is 102 cm³/mol. The summed E-state index contributed by atoms with van der Waals surface area (Å²) in [5.41, 5.74) is 1.16. The third-order valence-corrected chi connectivity index (χ3v) is 5.64. The second kappa shape index (κ2) is 8.58. The van der Waals surface area contributed by atoms with Crippen molar-refractivity contribution in [2.24, 2.45) is 0 Å². The van der Waals surface area contributed by atoms with Crippen LogP contribution in [-0.2, 0) is 4.79 Å². The standard InChI is InChI=1S/C19H22FN3O3S/c1-22(2)9-8-21-17(24)16-12-27-19(14-7-10-26-11-14)23(16)18(25)13-3-5-15(20)6-4-13/h3-7,10-11,16,19H,8-9,12H2,1-2H3,(H,21,24). The number of thioether (sulfide) groups is 1. The van der Waals surface area contributed by atoms with E-state index in [0.29, 0.717) is 24.4 Å². The van der Waals surface area contributed by atoms with Gasteiger partial charge in [0.25, 0.3) is 5.91 Å². The van der Waals surface area contributed by atoms with Crippen LogP contribution in [0.2, 0.25) is 0 Å². The van der Waals surface area contributed by atoms with E-state index in [4.69, 9.17) is 4.42 Å². The van der Waals surface area contributed by atoms with Crippen LogP contribution >= 0.6 is 11.8 Å². The second-order valence-corrected chi connectivity index (χ2v) is 7.68. The minimum absolute atomic E-state index is 0.189. The van der Waals surface area contributed by atoms with Crippen LogP contribution in [0.4, 0.5) is 4.39 Å². The zero-order valence-electron chi connectivity index (χ0n) is 15.2. The maximum atomic E-state index is 13.2. The summed E-state index contributed by atoms with van der Waals surface area (Å²) >= 11 is 1.51. The van der Waals surface area contributed by atoms with Crippen molar-refractivity contribution in [3.05, 3.63) is 59.8 Å². The maximum absolute atomic E-state index is 13.2. The number of carbonyl (C=O) groups is 2. The molecular weight excluding hydrogens is 369 g/mol. The van der Waals surface area contributed by atoms with Crippen molar-refractivity contribution in [2.75, 3.05) is 32.9 Å². The summed E-state index contributed by atoms with van der Waals surface area (Å²) in [6.07, 6.45) is 3.12. The summed E-state index contributed by atoms with van der Waals surface area (Å²) in [5, 5.41) is 2.57. The number of likely N-dealkylation sites (N-methyl/N-ethyl adjacent to an activating group) is 1. The molecular formula is C19H22FN3O3S. The fourth-order valence-corrected chi connectivity index (χ4v) is 4.30. The molecule has 1 saturated heterocycles. The Kier molecular flexibility index (Phi) is 6.18. The van der Waals surface area contributed by atoms with E-state index < -0.39 is 11.9 Å². The summed E-state index contributed by atoms with van der Waals surface area (Å²) in [6.45, 7) is 1.21. The molecule has 8 heteroatoms. The monoisotopic (exact) mass is 391 g/mol. The molecule has 2 amide bonds. The smallest absolute Gasteiger partial charge is 0.255 e. The van der Waals surface area contributed by atoms with Crippen molar-refractivity contribution in [1.82, 2.24) is 15.1 Å². The van der Waals surface area contributed by atoms with E-state index in [1.807, 2.05) is 19.0 Å². The number of nitrogens with one attached hydrogen (secondary N) is 1. The summed E-state index contributed by atoms with van der Waals surface area (Å²) in [4.78, 5) is 29.4. The Morgan fingerprint density at radius 2 is 2.04 bits per heavy atom. The highest BCUT2D eigenvalue weighted by Crippen LogP contribution is 2.42. The molecule has 2 heterocycles. The number of carbonyl (C=O) groups excluding carboxylic acids is 2. The van der Waals surface area contributed by atoms with Crippen molar-refractivity contribution in [3.63, 3.8) is 0 Å². The maximum Gasteiger partial charge on any atom is 0.255 e. The van der Waals surface area contributed by atoms with Crippen molar-refractivity contribution < 1.29 is 18.4 Å². The van der Waals surface area contributed by atoms with Crippen LogP contribution in [0.3, 0.4) is 0 Å². The largest absolute Gasteiger partial charge is 0.472 e. The Morgan fingerprint density at radius 3 is 2.67 bits per heavy atom. The molecule has 1 aliphatic rings. The lowest BCUT2D eigenvalue weighted by atomic mass is 10.1. The highest BCUT2D eigenvalue weighted by atomic mass is 32.2. The van der Waals surface area contributed by atoms with E-state index in [2.05, 4.69) is 5.32 Å². The normalized spacial score (nSPS) is 19.5. The predicted octanol–water partition coefficient (Wildman–Crippen LogP) is 2.35. The fourth-order valence-electron chi connectivity index (χ4n) is 2.89. The van der Waals surface area contributed by atoms with E-state index >= 15 is 0 Å². The Balaban J connectivity index is 1.83. The molecule has 0 bridgehead atoms. The Morgan fingerprint density at radius 1 is 1.30 bits per heavy atom. The zero-order chi connectivity index (χ0) is 19.4. The molecule has 0 radical (unpaired) electrons. The first kappa shape index (κ1) is 19.4. The molecule has 1 aromatic carbocycles. The Labute approximate surface area is 161 Å². The van der Waals surface area contributed by atoms with E-state index in [1.165, 1.54) is 36.0 Å². The van der Waals surface area contributed by atoms with Crippen molar-refractivity contribution >= 4 is 23.6 Å². The molecule has 0 aliphatic carbocycles. The van der Waals surface area contributed by atoms with Crippen LogP contribution in [0.25, 0.3) is 0 Å². The first-order valence-corrected chi connectivity index (χ1v) is 9.66. The lowest BCUT2D eigenvalue weighted by molar-refractivity contribution is -0.124. The number of furan rings is 1. The number of benzene rings is 1. The van der Waals surface area contributed by atoms with E-state index in [9.17, 15) is 14.0 Å². The molecule has 1 aromatic heterocycles. The number of nitrogens with zero attached hydrogens (tertiary/aromatic N) is 2. The summed E-state index contributed by atoms with van der Waals surface area (Å²) in [7, 11) is 3.85. The quantitative estimate of drug-likeness (QED) is 0.819. The molecule has 0 spiro atoms. The van der Waals surface area contributed by atoms with Gasteiger partial charge in [0.1, 0.15) is 17.2 Å². The van der Waals surface area contributed by atoms with Gasteiger partial charge in [0.15, 0.2) is 0 Å². The molecule has 144 valence electrons. The Bertz CT molecular complexity index is 780. The van der Waals surface area contributed by atoms with Gasteiger partial charge in [-0.05, 0) is 44.4 Å². The third kappa shape index (κ3) is 4.51. The van der Waals surface area contributed by atoms with Gasteiger partial charge >= 0.3 is 0 Å². The van der Waals surface area contributed by atoms with Crippen LogP contribution in [0.5, 0.6) is 0 Å². The van der Waals surface area contributed by atoms with Gasteiger partial charge in [0.05, 0.1) is 12.5 Å². The van der Waals surface area contributed by atoms with Crippen LogP contribution in [0.15, 0.2) is 47.3 Å². The van der Waals surface area contributed by atoms with Crippen molar-refractivity contribution in [1.29, 1.82) is 0 Å². The lowest BCUT2D eigenvalue weighted by Crippen LogP contribution is -2.49. The number of rotatable bonds is 6. The summed E-state index contributed by atoms with van der Waals surface area (Å²) in [6, 6.07) is 6.55. The second-order valence-electron chi connectivity index (χ2n) is 6.57. The van der Waals surface area contributed by atoms with Crippen LogP contribution in [0.1, 0.15) is 21.3 Å². The number of amides is 2. The van der Waals surface area contributed by atoms with E-state index in [1.54, 1.807) is 23.5 Å². The zero-order valence-corrected chi connectivity index (χ0v) is 16.0. The third-order valence-electron chi connectivity index (χ3n) is 4.32. The lowest BCUT2D eigenvalue weighted by Gasteiger charge is -2.28. The van der Waals surface area contributed by atoms with Gasteiger partial charge in [-0.25, -0.2) is 4.39 Å². The first-order valence-electron chi connectivity index (χ1n) is 8.61. The van der Waals surface area contributed by atoms with Gasteiger partial charge in [-0.1, -0.05) is 0 Å². The summed E-state index contributed by atoms with van der Waals surface area (Å²) in [5.74, 6) is -0.423. The Hall–Kier alpha value is -2.32. The molecule has 1 fully saturated rings. The first-order chi connectivity index (χ1) is 13.0. The van der Waals surface area contributed by atoms with Gasteiger partial charge < -0.3 is 19.5 Å². The average Bonchev–Trinajstić information content (AvgIpc) is 3.30. The van der Waals surface area contributed by atoms with E-state index in [-0.39, 0.29) is 17.2 Å². The van der Waals surface area contributed by atoms with Crippen LogP contribution in [0, 0.1) is 5.82 Å². The van der Waals surface area contributed by atoms with Gasteiger partial charge in [-0.2, -0.15) is 0 Å². The van der Waals surface area contributed by atoms with Gasteiger partial charge in [0, 0.05) is 30.0 Å².